The lowest BCUT2D eigenvalue weighted by molar-refractivity contribution is 0.262. The van der Waals surface area contributed by atoms with Gasteiger partial charge in [-0.1, -0.05) is 47.5 Å². The normalized spacial score (nSPS) is 10.7. The van der Waals surface area contributed by atoms with Crippen LogP contribution in [0.25, 0.3) is 21.9 Å². The molecular formula is C24H18Cl2N2O3. The number of ether oxygens (including phenoxy) is 1. The number of nitrogens with one attached hydrogen (secondary N) is 2. The Bertz CT molecular complexity index is 1290. The van der Waals surface area contributed by atoms with E-state index in [1.54, 1.807) is 25.3 Å². The number of rotatable bonds is 4. The molecule has 0 aliphatic heterocycles. The summed E-state index contributed by atoms with van der Waals surface area (Å²) in [5, 5.41) is 17.3. The SMILES string of the molecule is COc1cccc(-c2cccc(NC(=O)Nc3c(Cl)cc(Cl)c4ccc(O)cc34)c2)c1. The van der Waals surface area contributed by atoms with Crippen LogP contribution in [0.1, 0.15) is 0 Å². The van der Waals surface area contributed by atoms with Crippen LogP contribution in [-0.4, -0.2) is 18.2 Å². The van der Waals surface area contributed by atoms with Gasteiger partial charge in [-0.05, 0) is 59.7 Å². The summed E-state index contributed by atoms with van der Waals surface area (Å²) < 4.78 is 5.28. The summed E-state index contributed by atoms with van der Waals surface area (Å²) in [5.41, 5.74) is 2.86. The highest BCUT2D eigenvalue weighted by Gasteiger charge is 2.14. The molecule has 0 saturated heterocycles. The zero-order chi connectivity index (χ0) is 22.0. The van der Waals surface area contributed by atoms with Gasteiger partial charge in [-0.15, -0.1) is 0 Å². The molecule has 2 amide bonds. The Balaban J connectivity index is 1.59. The van der Waals surface area contributed by atoms with E-state index in [0.717, 1.165) is 16.9 Å². The number of hydrogen-bond acceptors (Lipinski definition) is 3. The summed E-state index contributed by atoms with van der Waals surface area (Å²) in [6, 6.07) is 20.9. The van der Waals surface area contributed by atoms with Crippen LogP contribution in [-0.2, 0) is 0 Å². The van der Waals surface area contributed by atoms with Crippen molar-refractivity contribution in [2.45, 2.75) is 0 Å². The average molecular weight is 453 g/mol. The molecule has 5 nitrogen and oxygen atoms in total. The van der Waals surface area contributed by atoms with Crippen molar-refractivity contribution in [2.75, 3.05) is 17.7 Å². The predicted octanol–water partition coefficient (Wildman–Crippen LogP) is 7.17. The minimum atomic E-state index is -0.475. The third-order valence-electron chi connectivity index (χ3n) is 4.78. The molecule has 4 aromatic carbocycles. The summed E-state index contributed by atoms with van der Waals surface area (Å²) in [6.07, 6.45) is 0. The first-order valence-electron chi connectivity index (χ1n) is 9.38. The van der Waals surface area contributed by atoms with Crippen LogP contribution in [0.3, 0.4) is 0 Å². The van der Waals surface area contributed by atoms with E-state index in [1.807, 2.05) is 42.5 Å². The average Bonchev–Trinajstić information content (AvgIpc) is 2.76. The molecule has 3 N–H and O–H groups in total. The molecule has 0 fully saturated rings. The van der Waals surface area contributed by atoms with Crippen LogP contribution >= 0.6 is 23.2 Å². The summed E-state index contributed by atoms with van der Waals surface area (Å²) >= 11 is 12.6. The molecule has 0 bridgehead atoms. The van der Waals surface area contributed by atoms with Crippen LogP contribution in [0.15, 0.2) is 72.8 Å². The minimum absolute atomic E-state index is 0.0419. The van der Waals surface area contributed by atoms with Gasteiger partial charge in [-0.3, -0.25) is 0 Å². The van der Waals surface area contributed by atoms with Gasteiger partial charge in [0.1, 0.15) is 11.5 Å². The van der Waals surface area contributed by atoms with Crippen LogP contribution in [0, 0.1) is 0 Å². The van der Waals surface area contributed by atoms with Gasteiger partial charge in [0.15, 0.2) is 0 Å². The monoisotopic (exact) mass is 452 g/mol. The molecule has 0 aliphatic carbocycles. The zero-order valence-corrected chi connectivity index (χ0v) is 18.0. The van der Waals surface area contributed by atoms with Crippen molar-refractivity contribution in [2.24, 2.45) is 0 Å². The van der Waals surface area contributed by atoms with Crippen LogP contribution < -0.4 is 15.4 Å². The summed E-state index contributed by atoms with van der Waals surface area (Å²) in [4.78, 5) is 12.7. The lowest BCUT2D eigenvalue weighted by Crippen LogP contribution is -2.19. The largest absolute Gasteiger partial charge is 0.508 e. The van der Waals surface area contributed by atoms with Gasteiger partial charge in [0.2, 0.25) is 0 Å². The number of benzene rings is 4. The highest BCUT2D eigenvalue weighted by molar-refractivity contribution is 6.41. The van der Waals surface area contributed by atoms with Gasteiger partial charge in [0, 0.05) is 16.5 Å². The molecule has 0 unspecified atom stereocenters. The summed E-state index contributed by atoms with van der Waals surface area (Å²) in [5.74, 6) is 0.793. The molecular weight excluding hydrogens is 435 g/mol. The Labute approximate surface area is 189 Å². The number of carbonyl (C=O) groups excluding carboxylic acids is 1. The zero-order valence-electron chi connectivity index (χ0n) is 16.4. The van der Waals surface area contributed by atoms with Crippen molar-refractivity contribution < 1.29 is 14.6 Å². The maximum atomic E-state index is 12.7. The standard InChI is InChI=1S/C24H18Cl2N2O3/c1-31-18-7-3-5-15(11-18)14-4-2-6-16(10-14)27-24(30)28-23-20-12-17(29)8-9-19(20)21(25)13-22(23)26/h2-13,29H,1H3,(H2,27,28,30). The number of carbonyl (C=O) groups is 1. The number of methoxy groups -OCH3 is 1. The maximum absolute atomic E-state index is 12.7. The second-order valence-electron chi connectivity index (χ2n) is 6.84. The third kappa shape index (κ3) is 4.53. The molecule has 0 heterocycles. The number of halogens is 2. The number of amides is 2. The van der Waals surface area contributed by atoms with Gasteiger partial charge in [0.25, 0.3) is 0 Å². The Morgan fingerprint density at radius 3 is 2.35 bits per heavy atom. The lowest BCUT2D eigenvalue weighted by Gasteiger charge is -2.14. The molecule has 4 aromatic rings. The van der Waals surface area contributed by atoms with Gasteiger partial charge in [0.05, 0.1) is 22.8 Å². The molecule has 0 saturated carbocycles. The Kier molecular flexibility index (Phi) is 5.89. The number of anilines is 2. The van der Waals surface area contributed by atoms with Crippen LogP contribution in [0.5, 0.6) is 11.5 Å². The molecule has 156 valence electrons. The maximum Gasteiger partial charge on any atom is 0.323 e. The smallest absolute Gasteiger partial charge is 0.323 e. The van der Waals surface area contributed by atoms with E-state index in [0.29, 0.717) is 27.2 Å². The quantitative estimate of drug-likeness (QED) is 0.307. The van der Waals surface area contributed by atoms with E-state index >= 15 is 0 Å². The number of hydrogen-bond donors (Lipinski definition) is 3. The van der Waals surface area contributed by atoms with Crippen molar-refractivity contribution in [3.63, 3.8) is 0 Å². The highest BCUT2D eigenvalue weighted by atomic mass is 35.5. The van der Waals surface area contributed by atoms with Gasteiger partial charge < -0.3 is 20.5 Å². The van der Waals surface area contributed by atoms with E-state index < -0.39 is 6.03 Å². The number of aromatic hydroxyl groups is 1. The summed E-state index contributed by atoms with van der Waals surface area (Å²) in [6.45, 7) is 0. The molecule has 0 spiro atoms. The van der Waals surface area contributed by atoms with Crippen molar-refractivity contribution in [3.05, 3.63) is 82.8 Å². The molecule has 0 aromatic heterocycles. The number of urea groups is 1. The van der Waals surface area contributed by atoms with Gasteiger partial charge in [-0.25, -0.2) is 4.79 Å². The molecule has 7 heteroatoms. The fraction of sp³-hybridized carbons (Fsp3) is 0.0417. The second kappa shape index (κ2) is 8.76. The van der Waals surface area contributed by atoms with E-state index in [1.165, 1.54) is 12.1 Å². The van der Waals surface area contributed by atoms with Crippen molar-refractivity contribution in [3.8, 4) is 22.6 Å². The Morgan fingerprint density at radius 1 is 0.839 bits per heavy atom. The first-order valence-corrected chi connectivity index (χ1v) is 10.1. The second-order valence-corrected chi connectivity index (χ2v) is 7.65. The van der Waals surface area contributed by atoms with E-state index in [9.17, 15) is 9.90 Å². The van der Waals surface area contributed by atoms with Gasteiger partial charge in [-0.2, -0.15) is 0 Å². The first-order chi connectivity index (χ1) is 14.9. The topological polar surface area (TPSA) is 70.6 Å². The van der Waals surface area contributed by atoms with Gasteiger partial charge >= 0.3 is 6.03 Å². The van der Waals surface area contributed by atoms with Crippen LogP contribution in [0.2, 0.25) is 10.0 Å². The molecule has 0 atom stereocenters. The van der Waals surface area contributed by atoms with E-state index in [-0.39, 0.29) is 10.8 Å². The molecule has 0 radical (unpaired) electrons. The molecule has 31 heavy (non-hydrogen) atoms. The summed E-state index contributed by atoms with van der Waals surface area (Å²) in [7, 11) is 1.62. The van der Waals surface area contributed by atoms with Crippen LogP contribution in [0.4, 0.5) is 16.2 Å². The van der Waals surface area contributed by atoms with E-state index in [2.05, 4.69) is 10.6 Å². The van der Waals surface area contributed by atoms with E-state index in [4.69, 9.17) is 27.9 Å². The van der Waals surface area contributed by atoms with Crippen molar-refractivity contribution >= 4 is 51.4 Å². The fourth-order valence-corrected chi connectivity index (χ4v) is 3.91. The number of phenolic OH excluding ortho intramolecular Hbond substituents is 1. The highest BCUT2D eigenvalue weighted by Crippen LogP contribution is 2.38. The number of phenols is 1. The Hall–Kier alpha value is -3.41. The molecule has 4 rings (SSSR count). The first kappa shape index (κ1) is 20.8. The Morgan fingerprint density at radius 2 is 1.58 bits per heavy atom. The third-order valence-corrected chi connectivity index (χ3v) is 5.39. The molecule has 0 aliphatic rings. The lowest BCUT2D eigenvalue weighted by atomic mass is 10.0. The predicted molar refractivity (Wildman–Crippen MR) is 127 cm³/mol. The van der Waals surface area contributed by atoms with Crippen molar-refractivity contribution in [1.82, 2.24) is 0 Å². The fourth-order valence-electron chi connectivity index (χ4n) is 3.32. The minimum Gasteiger partial charge on any atom is -0.508 e. The van der Waals surface area contributed by atoms with Crippen molar-refractivity contribution in [1.29, 1.82) is 0 Å². The number of fused-ring (bicyclic) bond motifs is 1.